The maximum absolute atomic E-state index is 12.9. The fraction of sp³-hybridized carbons (Fsp3) is 0.471. The lowest BCUT2D eigenvalue weighted by Crippen LogP contribution is -2.53. The summed E-state index contributed by atoms with van der Waals surface area (Å²) in [6.45, 7) is 6.15. The Morgan fingerprint density at radius 2 is 2.00 bits per heavy atom. The molecule has 0 heterocycles. The molecule has 2 N–H and O–H groups in total. The molecule has 1 aromatic rings. The van der Waals surface area contributed by atoms with Gasteiger partial charge in [0.05, 0.1) is 0 Å². The van der Waals surface area contributed by atoms with Gasteiger partial charge in [-0.2, -0.15) is 0 Å². The first-order valence-corrected chi connectivity index (χ1v) is 7.33. The van der Waals surface area contributed by atoms with Gasteiger partial charge in [-0.1, -0.05) is 49.2 Å². The largest absolute Gasteiger partial charge is 0.334 e. The molecule has 1 aromatic carbocycles. The van der Waals surface area contributed by atoms with Crippen LogP contribution in [0.3, 0.4) is 0 Å². The van der Waals surface area contributed by atoms with Crippen molar-refractivity contribution in [2.75, 3.05) is 6.54 Å². The molecule has 3 heteroatoms. The lowest BCUT2D eigenvalue weighted by molar-refractivity contribution is -0.138. The number of nitrogens with two attached hydrogens (primary N) is 1. The molecule has 1 aliphatic rings. The van der Waals surface area contributed by atoms with E-state index in [0.717, 1.165) is 18.4 Å². The quantitative estimate of drug-likeness (QED) is 0.838. The summed E-state index contributed by atoms with van der Waals surface area (Å²) < 4.78 is 0. The average molecular weight is 272 g/mol. The van der Waals surface area contributed by atoms with Crippen LogP contribution in [-0.4, -0.2) is 23.4 Å². The minimum atomic E-state index is -0.979. The highest BCUT2D eigenvalue weighted by Gasteiger charge is 2.37. The van der Waals surface area contributed by atoms with Crippen molar-refractivity contribution in [3.05, 3.63) is 48.6 Å². The smallest absolute Gasteiger partial charge is 0.247 e. The molecule has 1 fully saturated rings. The van der Waals surface area contributed by atoms with E-state index in [1.165, 1.54) is 12.8 Å². The van der Waals surface area contributed by atoms with Crippen LogP contribution in [0.1, 0.15) is 38.2 Å². The van der Waals surface area contributed by atoms with Crippen LogP contribution < -0.4 is 5.73 Å². The minimum absolute atomic E-state index is 0.00417. The molecule has 108 valence electrons. The number of benzene rings is 1. The highest BCUT2D eigenvalue weighted by atomic mass is 16.2. The lowest BCUT2D eigenvalue weighted by Gasteiger charge is -2.35. The Bertz CT molecular complexity index is 461. The molecular weight excluding hydrogens is 248 g/mol. The molecule has 1 aliphatic carbocycles. The molecule has 20 heavy (non-hydrogen) atoms. The van der Waals surface area contributed by atoms with E-state index in [4.69, 9.17) is 5.73 Å². The fourth-order valence-electron chi connectivity index (χ4n) is 2.96. The number of carbonyl (C=O) groups is 1. The van der Waals surface area contributed by atoms with Crippen molar-refractivity contribution in [2.45, 2.75) is 44.2 Å². The molecule has 0 bridgehead atoms. The van der Waals surface area contributed by atoms with Gasteiger partial charge < -0.3 is 10.6 Å². The zero-order valence-electron chi connectivity index (χ0n) is 12.2. The summed E-state index contributed by atoms with van der Waals surface area (Å²) in [4.78, 5) is 14.8. The maximum Gasteiger partial charge on any atom is 0.247 e. The van der Waals surface area contributed by atoms with Crippen molar-refractivity contribution < 1.29 is 4.79 Å². The number of hydrogen-bond acceptors (Lipinski definition) is 2. The molecule has 1 unspecified atom stereocenters. The third kappa shape index (κ3) is 2.93. The molecule has 0 radical (unpaired) electrons. The zero-order valence-corrected chi connectivity index (χ0v) is 12.2. The van der Waals surface area contributed by atoms with Crippen molar-refractivity contribution in [3.63, 3.8) is 0 Å². The molecule has 1 amide bonds. The van der Waals surface area contributed by atoms with Gasteiger partial charge in [-0.05, 0) is 25.3 Å². The molecule has 3 nitrogen and oxygen atoms in total. The summed E-state index contributed by atoms with van der Waals surface area (Å²) in [5, 5.41) is 0. The summed E-state index contributed by atoms with van der Waals surface area (Å²) in [5.41, 5.74) is 6.23. The Balaban J connectivity index is 2.23. The van der Waals surface area contributed by atoms with Gasteiger partial charge in [-0.15, -0.1) is 6.58 Å². The third-order valence-electron chi connectivity index (χ3n) is 4.17. The van der Waals surface area contributed by atoms with Crippen LogP contribution in [0.15, 0.2) is 43.0 Å². The van der Waals surface area contributed by atoms with E-state index in [9.17, 15) is 4.79 Å². The van der Waals surface area contributed by atoms with Crippen molar-refractivity contribution in [1.29, 1.82) is 0 Å². The molecule has 0 saturated heterocycles. The van der Waals surface area contributed by atoms with Gasteiger partial charge >= 0.3 is 0 Å². The van der Waals surface area contributed by atoms with E-state index < -0.39 is 5.54 Å². The van der Waals surface area contributed by atoms with Crippen LogP contribution in [0.4, 0.5) is 0 Å². The first-order chi connectivity index (χ1) is 9.57. The Labute approximate surface area is 121 Å². The van der Waals surface area contributed by atoms with Crippen LogP contribution in [0, 0.1) is 0 Å². The summed E-state index contributed by atoms with van der Waals surface area (Å²) in [6.07, 6.45) is 6.32. The van der Waals surface area contributed by atoms with Crippen LogP contribution in [0.25, 0.3) is 0 Å². The van der Waals surface area contributed by atoms with Crippen LogP contribution >= 0.6 is 0 Å². The first-order valence-electron chi connectivity index (χ1n) is 7.33. The third-order valence-corrected chi connectivity index (χ3v) is 4.17. The normalized spacial score (nSPS) is 18.5. The van der Waals surface area contributed by atoms with E-state index in [1.807, 2.05) is 35.2 Å². The van der Waals surface area contributed by atoms with Gasteiger partial charge in [0.1, 0.15) is 5.54 Å². The Kier molecular flexibility index (Phi) is 4.61. The number of amides is 1. The average Bonchev–Trinajstić information content (AvgIpc) is 2.99. The van der Waals surface area contributed by atoms with Gasteiger partial charge in [0, 0.05) is 12.6 Å². The summed E-state index contributed by atoms with van der Waals surface area (Å²) in [6, 6.07) is 9.91. The van der Waals surface area contributed by atoms with Gasteiger partial charge in [0.2, 0.25) is 5.91 Å². The molecule has 0 aliphatic heterocycles. The van der Waals surface area contributed by atoms with E-state index >= 15 is 0 Å². The van der Waals surface area contributed by atoms with Crippen molar-refractivity contribution in [3.8, 4) is 0 Å². The van der Waals surface area contributed by atoms with Gasteiger partial charge in [-0.25, -0.2) is 0 Å². The second-order valence-corrected chi connectivity index (χ2v) is 5.75. The highest BCUT2D eigenvalue weighted by Crippen LogP contribution is 2.28. The van der Waals surface area contributed by atoms with Crippen molar-refractivity contribution >= 4 is 5.91 Å². The van der Waals surface area contributed by atoms with E-state index in [2.05, 4.69) is 6.58 Å². The number of carbonyl (C=O) groups excluding carboxylic acids is 1. The maximum atomic E-state index is 12.9. The number of nitrogens with zero attached hydrogens (tertiary/aromatic N) is 1. The van der Waals surface area contributed by atoms with Crippen LogP contribution in [0.2, 0.25) is 0 Å². The fourth-order valence-corrected chi connectivity index (χ4v) is 2.96. The molecule has 0 spiro atoms. The predicted molar refractivity (Wildman–Crippen MR) is 82.1 cm³/mol. The first kappa shape index (κ1) is 14.8. The second kappa shape index (κ2) is 6.23. The van der Waals surface area contributed by atoms with E-state index in [1.54, 1.807) is 13.0 Å². The summed E-state index contributed by atoms with van der Waals surface area (Å²) >= 11 is 0. The zero-order chi connectivity index (χ0) is 14.6. The topological polar surface area (TPSA) is 46.3 Å². The van der Waals surface area contributed by atoms with E-state index in [-0.39, 0.29) is 5.91 Å². The Hall–Kier alpha value is -1.61. The Morgan fingerprint density at radius 3 is 2.55 bits per heavy atom. The monoisotopic (exact) mass is 272 g/mol. The Morgan fingerprint density at radius 1 is 1.40 bits per heavy atom. The van der Waals surface area contributed by atoms with Crippen LogP contribution in [0.5, 0.6) is 0 Å². The van der Waals surface area contributed by atoms with Gasteiger partial charge in [-0.3, -0.25) is 4.79 Å². The molecule has 1 atom stereocenters. The summed E-state index contributed by atoms with van der Waals surface area (Å²) in [7, 11) is 0. The predicted octanol–water partition coefficient (Wildman–Crippen LogP) is 2.82. The lowest BCUT2D eigenvalue weighted by atomic mass is 9.91. The van der Waals surface area contributed by atoms with Gasteiger partial charge in [0.15, 0.2) is 0 Å². The van der Waals surface area contributed by atoms with Crippen molar-refractivity contribution in [1.82, 2.24) is 4.90 Å². The standard InChI is InChI=1S/C17H24N2O/c1-3-13-19(15-11-7-8-12-15)16(20)17(2,18)14-9-5-4-6-10-14/h3-6,9-10,15H,1,7-8,11-13,18H2,2H3. The highest BCUT2D eigenvalue weighted by molar-refractivity contribution is 5.87. The van der Waals surface area contributed by atoms with Crippen LogP contribution in [-0.2, 0) is 10.3 Å². The summed E-state index contributed by atoms with van der Waals surface area (Å²) in [5.74, 6) is -0.00417. The number of hydrogen-bond donors (Lipinski definition) is 1. The molecule has 0 aromatic heterocycles. The van der Waals surface area contributed by atoms with E-state index in [0.29, 0.717) is 12.6 Å². The second-order valence-electron chi connectivity index (χ2n) is 5.75. The van der Waals surface area contributed by atoms with Gasteiger partial charge in [0.25, 0.3) is 0 Å². The minimum Gasteiger partial charge on any atom is -0.334 e. The molecule has 1 saturated carbocycles. The molecule has 2 rings (SSSR count). The SMILES string of the molecule is C=CCN(C(=O)C(C)(N)c1ccccc1)C1CCCC1. The number of rotatable bonds is 5. The van der Waals surface area contributed by atoms with Crippen molar-refractivity contribution in [2.24, 2.45) is 5.73 Å². The molecular formula is C17H24N2O.